The lowest BCUT2D eigenvalue weighted by Gasteiger charge is -2.38. The molecule has 0 bridgehead atoms. The highest BCUT2D eigenvalue weighted by Crippen LogP contribution is 2.35. The summed E-state index contributed by atoms with van der Waals surface area (Å²) in [7, 11) is 0. The average molecular weight is 426 g/mol. The van der Waals surface area contributed by atoms with E-state index in [2.05, 4.69) is 26.2 Å². The largest absolute Gasteiger partial charge is 0.436 e. The molecule has 3 heterocycles. The quantitative estimate of drug-likeness (QED) is 0.772. The zero-order valence-corrected chi connectivity index (χ0v) is 18.5. The van der Waals surface area contributed by atoms with Gasteiger partial charge >= 0.3 is 6.09 Å². The molecule has 7 heteroatoms. The Bertz CT molecular complexity index is 799. The molecular formula is C24H35N5O2. The van der Waals surface area contributed by atoms with Gasteiger partial charge in [-0.1, -0.05) is 18.9 Å². The predicted molar refractivity (Wildman–Crippen MR) is 122 cm³/mol. The van der Waals surface area contributed by atoms with Crippen LogP contribution in [0.2, 0.25) is 0 Å². The van der Waals surface area contributed by atoms with E-state index < -0.39 is 6.09 Å². The van der Waals surface area contributed by atoms with Crippen LogP contribution >= 0.6 is 0 Å². The van der Waals surface area contributed by atoms with E-state index in [-0.39, 0.29) is 0 Å². The molecule has 168 valence electrons. The Hall–Kier alpha value is -2.28. The minimum atomic E-state index is -0.421. The number of anilines is 2. The lowest BCUT2D eigenvalue weighted by Crippen LogP contribution is -2.50. The van der Waals surface area contributed by atoms with Crippen molar-refractivity contribution in [1.29, 1.82) is 0 Å². The van der Waals surface area contributed by atoms with Gasteiger partial charge in [0, 0.05) is 56.1 Å². The molecule has 0 radical (unpaired) electrons. The standard InChI is InChI=1S/C24H35N5O2/c30-24(31-29-13-5-7-19-6-1-4-10-22(19)29)26-20-11-12-25-23(18-20)28-16-14-27(15-17-28)21-8-2-3-9-21/h10-12,18-19,21H,1-9,13-17H2,(H,25,26,30). The first-order valence-electron chi connectivity index (χ1n) is 12.2. The molecule has 1 atom stereocenters. The third-order valence-electron chi connectivity index (χ3n) is 7.39. The predicted octanol–water partition coefficient (Wildman–Crippen LogP) is 4.39. The fourth-order valence-electron chi connectivity index (χ4n) is 5.73. The first-order valence-corrected chi connectivity index (χ1v) is 12.2. The number of amides is 1. The molecular weight excluding hydrogens is 390 g/mol. The normalized spacial score (nSPS) is 25.2. The second kappa shape index (κ2) is 9.47. The van der Waals surface area contributed by atoms with E-state index in [1.54, 1.807) is 6.20 Å². The first kappa shape index (κ1) is 20.6. The highest BCUT2D eigenvalue weighted by atomic mass is 16.7. The van der Waals surface area contributed by atoms with E-state index in [9.17, 15) is 4.79 Å². The molecule has 1 N–H and O–H groups in total. The van der Waals surface area contributed by atoms with Gasteiger partial charge in [0.1, 0.15) is 5.82 Å². The van der Waals surface area contributed by atoms with Gasteiger partial charge in [-0.15, -0.1) is 0 Å². The molecule has 1 saturated carbocycles. The van der Waals surface area contributed by atoms with Crippen molar-refractivity contribution >= 4 is 17.6 Å². The van der Waals surface area contributed by atoms with Gasteiger partial charge in [0.05, 0.1) is 12.2 Å². The fourth-order valence-corrected chi connectivity index (χ4v) is 5.73. The van der Waals surface area contributed by atoms with Crippen molar-refractivity contribution in [2.45, 2.75) is 63.8 Å². The third-order valence-corrected chi connectivity index (χ3v) is 7.39. The molecule has 3 fully saturated rings. The fraction of sp³-hybridized carbons (Fsp3) is 0.667. The number of nitrogens with one attached hydrogen (secondary N) is 1. The third kappa shape index (κ3) is 4.81. The molecule has 31 heavy (non-hydrogen) atoms. The smallest absolute Gasteiger partial charge is 0.354 e. The maximum Gasteiger partial charge on any atom is 0.436 e. The number of hydrogen-bond acceptors (Lipinski definition) is 6. The number of piperazine rings is 1. The number of aromatic nitrogens is 1. The minimum Gasteiger partial charge on any atom is -0.354 e. The SMILES string of the molecule is O=C(Nc1ccnc(N2CCN(C3CCCC3)CC2)c1)ON1CCCC2CCCC=C21. The molecule has 7 nitrogen and oxygen atoms in total. The molecule has 1 unspecified atom stereocenters. The van der Waals surface area contributed by atoms with Crippen LogP contribution in [0.4, 0.5) is 16.3 Å². The number of allylic oxidation sites excluding steroid dienone is 2. The lowest BCUT2D eigenvalue weighted by molar-refractivity contribution is -0.0860. The van der Waals surface area contributed by atoms with Crippen LogP contribution in [0.3, 0.4) is 0 Å². The highest BCUT2D eigenvalue weighted by molar-refractivity contribution is 5.85. The van der Waals surface area contributed by atoms with Crippen molar-refractivity contribution in [1.82, 2.24) is 14.9 Å². The van der Waals surface area contributed by atoms with E-state index in [0.29, 0.717) is 5.92 Å². The Morgan fingerprint density at radius 2 is 1.81 bits per heavy atom. The summed E-state index contributed by atoms with van der Waals surface area (Å²) in [4.78, 5) is 27.8. The molecule has 2 aliphatic carbocycles. The van der Waals surface area contributed by atoms with Crippen LogP contribution in [0.1, 0.15) is 57.8 Å². The van der Waals surface area contributed by atoms with Gasteiger partial charge in [0.25, 0.3) is 0 Å². The van der Waals surface area contributed by atoms with Crippen molar-refractivity contribution in [3.8, 4) is 0 Å². The van der Waals surface area contributed by atoms with E-state index in [1.165, 1.54) is 50.6 Å². The number of pyridine rings is 1. The number of hydroxylamine groups is 2. The molecule has 2 aliphatic heterocycles. The van der Waals surface area contributed by atoms with E-state index >= 15 is 0 Å². The number of carbonyl (C=O) groups excluding carboxylic acids is 1. The van der Waals surface area contributed by atoms with Crippen LogP contribution in [-0.4, -0.2) is 59.8 Å². The zero-order chi connectivity index (χ0) is 21.0. The number of piperidine rings is 1. The summed E-state index contributed by atoms with van der Waals surface area (Å²) >= 11 is 0. The number of hydrogen-bond donors (Lipinski definition) is 1. The van der Waals surface area contributed by atoms with E-state index in [0.717, 1.165) is 63.1 Å². The highest BCUT2D eigenvalue weighted by Gasteiger charge is 2.29. The summed E-state index contributed by atoms with van der Waals surface area (Å²) in [5, 5.41) is 4.72. The summed E-state index contributed by atoms with van der Waals surface area (Å²) in [6, 6.07) is 4.58. The Morgan fingerprint density at radius 3 is 2.65 bits per heavy atom. The molecule has 1 aromatic heterocycles. The second-order valence-corrected chi connectivity index (χ2v) is 9.37. The zero-order valence-electron chi connectivity index (χ0n) is 18.5. The van der Waals surface area contributed by atoms with Gasteiger partial charge in [0.15, 0.2) is 0 Å². The second-order valence-electron chi connectivity index (χ2n) is 9.37. The average Bonchev–Trinajstić information content (AvgIpc) is 3.35. The van der Waals surface area contributed by atoms with Crippen LogP contribution < -0.4 is 10.2 Å². The summed E-state index contributed by atoms with van der Waals surface area (Å²) in [6.45, 7) is 4.94. The van der Waals surface area contributed by atoms with Crippen LogP contribution in [0.25, 0.3) is 0 Å². The summed E-state index contributed by atoms with van der Waals surface area (Å²) in [5.74, 6) is 1.47. The molecule has 1 amide bonds. The van der Waals surface area contributed by atoms with Crippen molar-refractivity contribution < 1.29 is 9.63 Å². The van der Waals surface area contributed by atoms with Gasteiger partial charge in [-0.25, -0.2) is 14.8 Å². The van der Waals surface area contributed by atoms with Gasteiger partial charge in [-0.2, -0.15) is 0 Å². The van der Waals surface area contributed by atoms with Crippen LogP contribution in [0.5, 0.6) is 0 Å². The number of fused-ring (bicyclic) bond motifs is 1. The van der Waals surface area contributed by atoms with Gasteiger partial charge in [-0.05, 0) is 51.0 Å². The Morgan fingerprint density at radius 1 is 1.00 bits per heavy atom. The monoisotopic (exact) mass is 425 g/mol. The summed E-state index contributed by atoms with van der Waals surface area (Å²) in [5.41, 5.74) is 1.93. The molecule has 1 aromatic rings. The minimum absolute atomic E-state index is 0.421. The van der Waals surface area contributed by atoms with Crippen molar-refractivity contribution in [3.63, 3.8) is 0 Å². The molecule has 2 saturated heterocycles. The van der Waals surface area contributed by atoms with Crippen molar-refractivity contribution in [2.75, 3.05) is 42.9 Å². The Kier molecular flexibility index (Phi) is 6.30. The molecule has 0 aromatic carbocycles. The molecule has 5 rings (SSSR count). The topological polar surface area (TPSA) is 60.9 Å². The van der Waals surface area contributed by atoms with Crippen molar-refractivity contribution in [2.24, 2.45) is 5.92 Å². The lowest BCUT2D eigenvalue weighted by atomic mass is 9.86. The van der Waals surface area contributed by atoms with Gasteiger partial charge < -0.3 is 9.74 Å². The molecule has 0 spiro atoms. The van der Waals surface area contributed by atoms with Crippen LogP contribution in [0.15, 0.2) is 30.1 Å². The van der Waals surface area contributed by atoms with Crippen LogP contribution in [0, 0.1) is 5.92 Å². The Balaban J connectivity index is 1.16. The first-order chi connectivity index (χ1) is 15.3. The number of carbonyl (C=O) groups is 1. The summed E-state index contributed by atoms with van der Waals surface area (Å²) in [6.07, 6.45) is 14.9. The Labute approximate surface area is 185 Å². The van der Waals surface area contributed by atoms with Gasteiger partial charge in [0.2, 0.25) is 0 Å². The van der Waals surface area contributed by atoms with E-state index in [4.69, 9.17) is 4.84 Å². The van der Waals surface area contributed by atoms with Crippen LogP contribution in [-0.2, 0) is 4.84 Å². The van der Waals surface area contributed by atoms with Gasteiger partial charge in [-0.3, -0.25) is 10.2 Å². The molecule has 4 aliphatic rings. The maximum atomic E-state index is 12.6. The number of rotatable bonds is 4. The van der Waals surface area contributed by atoms with Crippen molar-refractivity contribution in [3.05, 3.63) is 30.1 Å². The maximum absolute atomic E-state index is 12.6. The summed E-state index contributed by atoms with van der Waals surface area (Å²) < 4.78 is 0. The van der Waals surface area contributed by atoms with E-state index in [1.807, 2.05) is 17.2 Å². The number of nitrogens with zero attached hydrogens (tertiary/aromatic N) is 4.